The van der Waals surface area contributed by atoms with E-state index < -0.39 is 0 Å². The SMILES string of the molecule is CCC(CC)CNc1ncc2c(-c3ccc(CN4CCN(C5CCN(Cc6ccc7c(c6)n(C)c(=O)n7C(C)CCC(=O)NC=O)CC5)CC4)cc3)cn(C3CCCCC3)c2n1. The van der Waals surface area contributed by atoms with Gasteiger partial charge in [-0.3, -0.25) is 38.7 Å². The van der Waals surface area contributed by atoms with E-state index in [4.69, 9.17) is 9.97 Å². The number of carbonyl (C=O) groups excluding carboxylic acids is 2. The van der Waals surface area contributed by atoms with E-state index in [0.29, 0.717) is 30.8 Å². The second-order valence-electron chi connectivity index (χ2n) is 18.4. The van der Waals surface area contributed by atoms with Crippen LogP contribution in [0, 0.1) is 5.92 Å². The Labute approximate surface area is 366 Å². The fraction of sp³-hybridized carbons (Fsp3) is 0.571. The monoisotopic (exact) mass is 845 g/mol. The first-order valence-electron chi connectivity index (χ1n) is 23.5. The number of carbonyl (C=O) groups is 2. The van der Waals surface area contributed by atoms with Gasteiger partial charge in [-0.15, -0.1) is 0 Å². The summed E-state index contributed by atoms with van der Waals surface area (Å²) in [4.78, 5) is 53.5. The number of imide groups is 1. The molecule has 1 saturated carbocycles. The third kappa shape index (κ3) is 9.85. The van der Waals surface area contributed by atoms with Crippen molar-refractivity contribution in [3.8, 4) is 11.1 Å². The Balaban J connectivity index is 0.829. The predicted octanol–water partition coefficient (Wildman–Crippen LogP) is 7.50. The summed E-state index contributed by atoms with van der Waals surface area (Å²) in [5, 5.41) is 6.87. The van der Waals surface area contributed by atoms with E-state index in [-0.39, 0.29) is 24.1 Å². The largest absolute Gasteiger partial charge is 0.354 e. The molecule has 3 aromatic heterocycles. The highest BCUT2D eigenvalue weighted by Gasteiger charge is 2.28. The number of fused-ring (bicyclic) bond motifs is 2. The Bertz CT molecular complexity index is 2340. The summed E-state index contributed by atoms with van der Waals surface area (Å²) in [7, 11) is 1.81. The molecule has 332 valence electrons. The first-order chi connectivity index (χ1) is 30.2. The molecular formula is C49H68N10O3. The number of hydrogen-bond donors (Lipinski definition) is 2. The summed E-state index contributed by atoms with van der Waals surface area (Å²) in [5.41, 5.74) is 7.79. The molecule has 0 bridgehead atoms. The number of likely N-dealkylation sites (tertiary alicyclic amines) is 1. The predicted molar refractivity (Wildman–Crippen MR) is 248 cm³/mol. The van der Waals surface area contributed by atoms with Gasteiger partial charge in [0, 0.05) is 101 Å². The van der Waals surface area contributed by atoms with Crippen LogP contribution in [-0.2, 0) is 29.7 Å². The van der Waals surface area contributed by atoms with Gasteiger partial charge in [-0.25, -0.2) is 9.78 Å². The van der Waals surface area contributed by atoms with Gasteiger partial charge in [0.2, 0.25) is 18.3 Å². The Morgan fingerprint density at radius 3 is 2.26 bits per heavy atom. The van der Waals surface area contributed by atoms with Crippen molar-refractivity contribution in [2.75, 3.05) is 51.1 Å². The molecule has 8 rings (SSSR count). The minimum atomic E-state index is -0.331. The molecule has 1 unspecified atom stereocenters. The van der Waals surface area contributed by atoms with Crippen molar-refractivity contribution in [2.24, 2.45) is 13.0 Å². The Morgan fingerprint density at radius 1 is 0.855 bits per heavy atom. The number of nitrogens with one attached hydrogen (secondary N) is 2. The van der Waals surface area contributed by atoms with Crippen LogP contribution in [0.15, 0.2) is 59.7 Å². The van der Waals surface area contributed by atoms with Crippen molar-refractivity contribution in [1.29, 1.82) is 0 Å². The number of piperidine rings is 1. The minimum Gasteiger partial charge on any atom is -0.354 e. The number of aryl methyl sites for hydroxylation is 1. The molecule has 1 atom stereocenters. The molecule has 2 aromatic carbocycles. The third-order valence-electron chi connectivity index (χ3n) is 14.4. The van der Waals surface area contributed by atoms with Crippen LogP contribution in [-0.4, -0.2) is 103 Å². The van der Waals surface area contributed by atoms with Gasteiger partial charge in [-0.05, 0) is 86.9 Å². The molecule has 3 fully saturated rings. The molecule has 0 spiro atoms. The van der Waals surface area contributed by atoms with Gasteiger partial charge >= 0.3 is 5.69 Å². The summed E-state index contributed by atoms with van der Waals surface area (Å²) in [6, 6.07) is 16.5. The highest BCUT2D eigenvalue weighted by molar-refractivity contribution is 5.94. The summed E-state index contributed by atoms with van der Waals surface area (Å²) in [6.07, 6.45) is 16.4. The Hall–Kier alpha value is -4.85. The summed E-state index contributed by atoms with van der Waals surface area (Å²) in [5.74, 6) is 1.04. The lowest BCUT2D eigenvalue weighted by atomic mass is 9.95. The number of anilines is 1. The molecular weight excluding hydrogens is 777 g/mol. The topological polar surface area (TPSA) is 126 Å². The van der Waals surface area contributed by atoms with Crippen molar-refractivity contribution in [3.05, 3.63) is 76.5 Å². The number of piperazine rings is 1. The van der Waals surface area contributed by atoms with Crippen LogP contribution in [0.2, 0.25) is 0 Å². The maximum atomic E-state index is 13.2. The third-order valence-corrected chi connectivity index (χ3v) is 14.4. The zero-order chi connectivity index (χ0) is 43.2. The first kappa shape index (κ1) is 43.8. The van der Waals surface area contributed by atoms with Gasteiger partial charge in [0.15, 0.2) is 0 Å². The summed E-state index contributed by atoms with van der Waals surface area (Å²) in [6.45, 7) is 15.7. The van der Waals surface area contributed by atoms with E-state index in [1.54, 1.807) is 9.13 Å². The lowest BCUT2D eigenvalue weighted by Crippen LogP contribution is -2.52. The standard InChI is InChI=1S/C49H68N10O3/c1-5-36(6-2)29-50-48-51-30-42-43(33-58(47(42)53-48)41-10-8-7-9-11-41)39-16-13-37(14-17-39)31-56-24-26-57(27-25-56)40-20-22-55(23-21-40)32-38-15-18-44-45(28-38)54(4)49(62)59(44)35(3)12-19-46(61)52-34-60/h13-18,28,30,33-36,40-41H,5-12,19-27,29,31-32H2,1-4H3,(H,50,51,53)(H,52,60,61). The quantitative estimate of drug-likeness (QED) is 0.0916. The van der Waals surface area contributed by atoms with Gasteiger partial charge in [0.1, 0.15) is 5.65 Å². The number of amides is 2. The van der Waals surface area contributed by atoms with Crippen LogP contribution >= 0.6 is 0 Å². The average Bonchev–Trinajstić information content (AvgIpc) is 3.80. The van der Waals surface area contributed by atoms with Gasteiger partial charge in [-0.1, -0.05) is 76.3 Å². The maximum absolute atomic E-state index is 13.2. The molecule has 3 aliphatic rings. The fourth-order valence-corrected chi connectivity index (χ4v) is 10.4. The minimum absolute atomic E-state index is 0.0885. The molecule has 1 aliphatic carbocycles. The Kier molecular flexibility index (Phi) is 14.2. The number of aromatic nitrogens is 5. The molecule has 62 heavy (non-hydrogen) atoms. The van der Waals surface area contributed by atoms with Gasteiger partial charge in [-0.2, -0.15) is 4.98 Å². The normalized spacial score (nSPS) is 18.2. The summed E-state index contributed by atoms with van der Waals surface area (Å²) >= 11 is 0. The van der Waals surface area contributed by atoms with E-state index in [0.717, 1.165) is 99.8 Å². The number of hydrogen-bond acceptors (Lipinski definition) is 9. The smallest absolute Gasteiger partial charge is 0.329 e. The molecule has 5 heterocycles. The second-order valence-corrected chi connectivity index (χ2v) is 18.4. The summed E-state index contributed by atoms with van der Waals surface area (Å²) < 4.78 is 5.94. The fourth-order valence-electron chi connectivity index (χ4n) is 10.4. The first-order valence-corrected chi connectivity index (χ1v) is 23.5. The zero-order valence-corrected chi connectivity index (χ0v) is 37.5. The molecule has 0 radical (unpaired) electrons. The van der Waals surface area contributed by atoms with Crippen molar-refractivity contribution < 1.29 is 9.59 Å². The van der Waals surface area contributed by atoms with Crippen molar-refractivity contribution in [2.45, 2.75) is 123 Å². The number of rotatable bonds is 17. The highest BCUT2D eigenvalue weighted by atomic mass is 16.2. The van der Waals surface area contributed by atoms with E-state index in [1.807, 2.05) is 26.2 Å². The zero-order valence-electron chi connectivity index (χ0n) is 37.5. The Morgan fingerprint density at radius 2 is 1.55 bits per heavy atom. The van der Waals surface area contributed by atoms with Crippen LogP contribution in [0.4, 0.5) is 5.95 Å². The van der Waals surface area contributed by atoms with E-state index >= 15 is 0 Å². The lowest BCUT2D eigenvalue weighted by molar-refractivity contribution is -0.125. The molecule has 13 nitrogen and oxygen atoms in total. The molecule has 13 heteroatoms. The number of benzene rings is 2. The van der Waals surface area contributed by atoms with E-state index in [1.165, 1.54) is 67.2 Å². The van der Waals surface area contributed by atoms with Gasteiger partial charge in [0.25, 0.3) is 0 Å². The molecule has 2 amide bonds. The molecule has 2 saturated heterocycles. The van der Waals surface area contributed by atoms with Crippen LogP contribution in [0.25, 0.3) is 33.2 Å². The highest BCUT2D eigenvalue weighted by Crippen LogP contribution is 2.37. The van der Waals surface area contributed by atoms with E-state index in [2.05, 4.69) is 86.3 Å². The number of nitrogens with zero attached hydrogens (tertiary/aromatic N) is 8. The van der Waals surface area contributed by atoms with Crippen molar-refractivity contribution in [3.63, 3.8) is 0 Å². The van der Waals surface area contributed by atoms with Gasteiger partial charge < -0.3 is 9.88 Å². The molecule has 2 aliphatic heterocycles. The van der Waals surface area contributed by atoms with Crippen LogP contribution in [0.5, 0.6) is 0 Å². The second kappa shape index (κ2) is 20.1. The van der Waals surface area contributed by atoms with Crippen molar-refractivity contribution >= 4 is 40.3 Å². The van der Waals surface area contributed by atoms with Crippen LogP contribution in [0.1, 0.15) is 115 Å². The maximum Gasteiger partial charge on any atom is 0.329 e. The molecule has 2 N–H and O–H groups in total. The average molecular weight is 845 g/mol. The van der Waals surface area contributed by atoms with Crippen LogP contribution in [0.3, 0.4) is 0 Å². The van der Waals surface area contributed by atoms with E-state index in [9.17, 15) is 14.4 Å². The van der Waals surface area contributed by atoms with Crippen molar-refractivity contribution in [1.82, 2.24) is 43.7 Å². The molecule has 5 aromatic rings. The van der Waals surface area contributed by atoms with Gasteiger partial charge in [0.05, 0.1) is 11.0 Å². The number of imidazole rings is 1. The van der Waals surface area contributed by atoms with Crippen LogP contribution < -0.4 is 16.3 Å². The lowest BCUT2D eigenvalue weighted by Gasteiger charge is -2.43.